The normalized spacial score (nSPS) is 58.6. The number of rotatable bonds is 0. The van der Waals surface area contributed by atoms with Crippen molar-refractivity contribution in [3.63, 3.8) is 0 Å². The van der Waals surface area contributed by atoms with Crippen LogP contribution in [-0.4, -0.2) is 0 Å². The van der Waals surface area contributed by atoms with Crippen LogP contribution in [0.15, 0.2) is 0 Å². The molecule has 0 aliphatic heterocycles. The summed E-state index contributed by atoms with van der Waals surface area (Å²) >= 11 is 0. The predicted molar refractivity (Wildman–Crippen MR) is 166 cm³/mol. The van der Waals surface area contributed by atoms with E-state index in [1.165, 1.54) is 59.2 Å². The molecule has 243 valence electrons. The molecule has 21 saturated carbocycles. The van der Waals surface area contributed by atoms with Crippen molar-refractivity contribution in [2.45, 2.75) is 116 Å². The fraction of sp³-hybridized carbons (Fsp3) is 0.881. The molecule has 0 amide bonds. The zero-order chi connectivity index (χ0) is 26.6. The van der Waals surface area contributed by atoms with Crippen molar-refractivity contribution in [2.75, 3.05) is 0 Å². The van der Waals surface area contributed by atoms with Crippen LogP contribution in [0.2, 0.25) is 0 Å². The first-order chi connectivity index (χ1) is 20.7. The van der Waals surface area contributed by atoms with Gasteiger partial charge in [0, 0.05) is 164 Å². The minimum atomic E-state index is 0. The maximum atomic E-state index is 2.09. The van der Waals surface area contributed by atoms with Crippen LogP contribution in [0.1, 0.15) is 116 Å². The summed E-state index contributed by atoms with van der Waals surface area (Å²) in [6.45, 7) is 0. The number of hydrogen-bond acceptors (Lipinski definition) is 0. The molecule has 0 heterocycles. The van der Waals surface area contributed by atoms with E-state index in [1.54, 1.807) is 116 Å². The van der Waals surface area contributed by atoms with Crippen molar-refractivity contribution in [3.8, 4) is 0 Å². The van der Waals surface area contributed by atoms with E-state index in [4.69, 9.17) is 0 Å². The Morgan fingerprint density at radius 3 is 0.872 bits per heavy atom. The third-order valence-electron chi connectivity index (χ3n) is 19.3. The molecule has 24 bridgehead atoms. The van der Waals surface area contributed by atoms with Gasteiger partial charge in [-0.05, 0) is 18.3 Å². The first-order valence-electron chi connectivity index (χ1n) is 19.9. The second-order valence-electron chi connectivity index (χ2n) is 20.3. The average Bonchev–Trinajstić information content (AvgIpc) is 3.04. The van der Waals surface area contributed by atoms with Crippen molar-refractivity contribution < 1.29 is 164 Å². The Morgan fingerprint density at radius 2 is 0.511 bits per heavy atom. The molecule has 0 nitrogen and oxygen atoms in total. The van der Waals surface area contributed by atoms with Gasteiger partial charge in [0.2, 0.25) is 0 Å². The third-order valence-corrected chi connectivity index (χ3v) is 19.3. The van der Waals surface area contributed by atoms with E-state index in [1.807, 2.05) is 11.8 Å². The van der Waals surface area contributed by atoms with Gasteiger partial charge in [-0.1, -0.05) is 116 Å². The minimum Gasteiger partial charge on any atom is -0.313 e. The van der Waals surface area contributed by atoms with Gasteiger partial charge in [0.25, 0.3) is 0 Å². The molecule has 21 rings (SSSR count). The van der Waals surface area contributed by atoms with E-state index < -0.39 is 0 Å². The summed E-state index contributed by atoms with van der Waals surface area (Å²) in [5.74, 6) is 32.1. The molecule has 5 heteroatoms. The summed E-state index contributed by atoms with van der Waals surface area (Å²) in [5, 5.41) is 0. The maximum absolute atomic E-state index is 2.09. The predicted octanol–water partition coefficient (Wildman–Crippen LogP) is 9.75. The summed E-state index contributed by atoms with van der Waals surface area (Å²) in [5.41, 5.74) is 0. The van der Waals surface area contributed by atoms with E-state index in [-0.39, 0.29) is 164 Å². The van der Waals surface area contributed by atoms with Gasteiger partial charge in [-0.15, -0.1) is 0 Å². The van der Waals surface area contributed by atoms with E-state index in [9.17, 15) is 0 Å². The summed E-state index contributed by atoms with van der Waals surface area (Å²) < 4.78 is 0. The Bertz CT molecular complexity index is 780. The number of hydrogen-bond donors (Lipinski definition) is 0. The molecule has 8 unspecified atom stereocenters. The smallest absolute Gasteiger partial charge is 0 e. The molecule has 21 aliphatic carbocycles. The van der Waals surface area contributed by atoms with E-state index in [0.29, 0.717) is 0 Å². The van der Waals surface area contributed by atoms with Crippen LogP contribution in [-0.2, 0) is 164 Å². The standard InChI is InChI=1S/C14H19.2C14H18.5Y/c3*1-7-2-12-10-4-8-5-11(9(1)10)13(3-7)14(12)6-8;;;;;/h7-13H,1-6H2;9-14H,1-6H2;7-10,13-14H,1-6H2;;;;;/q-1;2*-2;;;;;. The molecule has 0 aromatic rings. The molecular formula is C42H55Y5-5. The second kappa shape index (κ2) is 14.4. The molecular weight excluding hydrogens is 949 g/mol. The van der Waals surface area contributed by atoms with Gasteiger partial charge >= 0.3 is 0 Å². The molecule has 0 aromatic carbocycles. The largest absolute Gasteiger partial charge is 0.313 e. The van der Waals surface area contributed by atoms with E-state index in [2.05, 4.69) is 17.8 Å². The van der Waals surface area contributed by atoms with Gasteiger partial charge in [0.1, 0.15) is 0 Å². The minimum absolute atomic E-state index is 0. The Kier molecular flexibility index (Phi) is 12.1. The molecule has 0 spiro atoms. The third kappa shape index (κ3) is 5.65. The van der Waals surface area contributed by atoms with Crippen molar-refractivity contribution in [3.05, 3.63) is 29.6 Å². The zero-order valence-electron chi connectivity index (χ0n) is 29.1. The Morgan fingerprint density at radius 1 is 0.234 bits per heavy atom. The first kappa shape index (κ1) is 39.4. The Hall–Kier alpha value is 5.52. The fourth-order valence-corrected chi connectivity index (χ4v) is 18.8. The molecule has 21 aliphatic rings. The van der Waals surface area contributed by atoms with Gasteiger partial charge in [-0.3, -0.25) is 0 Å². The SMILES string of the molecule is C1[C-]2C3CC4CC2C2CC1CC3C2C4.C1[C-]2C3CC4C[C-]5C3CC1CC5C2C4.C1[C-]2CC3C4C[C-]5CC(C14)C(C2)C3C5.[Y].[Y].[Y].[Y].[Y]. The summed E-state index contributed by atoms with van der Waals surface area (Å²) in [7, 11) is 0. The van der Waals surface area contributed by atoms with Crippen molar-refractivity contribution in [1.29, 1.82) is 0 Å². The summed E-state index contributed by atoms with van der Waals surface area (Å²) in [6, 6.07) is 0. The monoisotopic (exact) mass is 1000 g/mol. The first-order valence-corrected chi connectivity index (χ1v) is 19.9. The molecule has 0 aromatic heterocycles. The Labute approximate surface area is 414 Å². The topological polar surface area (TPSA) is 0 Å². The van der Waals surface area contributed by atoms with Crippen LogP contribution in [0, 0.1) is 142 Å². The Balaban J connectivity index is 0.0000000982. The van der Waals surface area contributed by atoms with Crippen LogP contribution in [0.25, 0.3) is 0 Å². The van der Waals surface area contributed by atoms with Crippen molar-refractivity contribution >= 4 is 0 Å². The van der Waals surface area contributed by atoms with Gasteiger partial charge in [0.15, 0.2) is 0 Å². The van der Waals surface area contributed by atoms with Crippen molar-refractivity contribution in [1.82, 2.24) is 0 Å². The maximum Gasteiger partial charge on any atom is 0 e. The average molecular weight is 1000 g/mol. The van der Waals surface area contributed by atoms with Crippen molar-refractivity contribution in [2.24, 2.45) is 112 Å². The van der Waals surface area contributed by atoms with Gasteiger partial charge in [-0.25, -0.2) is 0 Å². The summed E-state index contributed by atoms with van der Waals surface area (Å²) in [6.07, 6.45) is 28.6. The van der Waals surface area contributed by atoms with Crippen LogP contribution in [0.3, 0.4) is 0 Å². The fourth-order valence-electron chi connectivity index (χ4n) is 18.8. The van der Waals surface area contributed by atoms with E-state index in [0.717, 1.165) is 53.3 Å². The molecule has 0 saturated heterocycles. The van der Waals surface area contributed by atoms with Gasteiger partial charge in [-0.2, -0.15) is 93.3 Å². The van der Waals surface area contributed by atoms with Crippen LogP contribution >= 0.6 is 0 Å². The molecule has 5 radical (unpaired) electrons. The van der Waals surface area contributed by atoms with Gasteiger partial charge < -0.3 is 29.6 Å². The van der Waals surface area contributed by atoms with Crippen LogP contribution in [0.4, 0.5) is 0 Å². The van der Waals surface area contributed by atoms with Crippen LogP contribution in [0.5, 0.6) is 0 Å². The van der Waals surface area contributed by atoms with Crippen LogP contribution < -0.4 is 0 Å². The quantitative estimate of drug-likeness (QED) is 0.212. The molecule has 8 atom stereocenters. The zero-order valence-corrected chi connectivity index (χ0v) is 43.3. The second-order valence-corrected chi connectivity index (χ2v) is 20.3. The molecule has 21 fully saturated rings. The van der Waals surface area contributed by atoms with E-state index >= 15 is 0 Å². The molecule has 47 heavy (non-hydrogen) atoms. The van der Waals surface area contributed by atoms with Gasteiger partial charge in [0.05, 0.1) is 0 Å². The summed E-state index contributed by atoms with van der Waals surface area (Å²) in [4.78, 5) is 0. The molecule has 0 N–H and O–H groups in total.